The van der Waals surface area contributed by atoms with Gasteiger partial charge in [0.2, 0.25) is 0 Å². The first-order valence-corrected chi connectivity index (χ1v) is 7.61. The van der Waals surface area contributed by atoms with Crippen molar-refractivity contribution in [2.45, 2.75) is 51.4 Å². The SMILES string of the molecule is COc1ccc(C)cc1C(O)CNC1CCOC(C)(C)C1. The quantitative estimate of drug-likeness (QED) is 0.876. The molecular weight excluding hydrogens is 266 g/mol. The highest BCUT2D eigenvalue weighted by atomic mass is 16.5. The second kappa shape index (κ2) is 6.77. The summed E-state index contributed by atoms with van der Waals surface area (Å²) in [6.07, 6.45) is 1.39. The lowest BCUT2D eigenvalue weighted by atomic mass is 9.93. The van der Waals surface area contributed by atoms with Gasteiger partial charge in [-0.2, -0.15) is 0 Å². The molecule has 2 N–H and O–H groups in total. The van der Waals surface area contributed by atoms with Crippen LogP contribution in [0.5, 0.6) is 5.75 Å². The van der Waals surface area contributed by atoms with Crippen LogP contribution in [0.25, 0.3) is 0 Å². The molecule has 21 heavy (non-hydrogen) atoms. The predicted molar refractivity (Wildman–Crippen MR) is 83.7 cm³/mol. The van der Waals surface area contributed by atoms with Crippen LogP contribution in [0.15, 0.2) is 18.2 Å². The highest BCUT2D eigenvalue weighted by Gasteiger charge is 2.29. The van der Waals surface area contributed by atoms with Gasteiger partial charge in [-0.1, -0.05) is 11.6 Å². The Balaban J connectivity index is 1.95. The number of aliphatic hydroxyl groups is 1. The van der Waals surface area contributed by atoms with Gasteiger partial charge in [-0.25, -0.2) is 0 Å². The summed E-state index contributed by atoms with van der Waals surface area (Å²) in [5, 5.41) is 13.9. The molecule has 1 aromatic carbocycles. The van der Waals surface area contributed by atoms with E-state index in [-0.39, 0.29) is 5.60 Å². The standard InChI is InChI=1S/C17H27NO3/c1-12-5-6-16(20-4)14(9-12)15(19)11-18-13-7-8-21-17(2,3)10-13/h5-6,9,13,15,18-19H,7-8,10-11H2,1-4H3. The summed E-state index contributed by atoms with van der Waals surface area (Å²) < 4.78 is 11.1. The number of aryl methyl sites for hydroxylation is 1. The molecule has 2 atom stereocenters. The number of rotatable bonds is 5. The van der Waals surface area contributed by atoms with Gasteiger partial charge in [0.05, 0.1) is 18.8 Å². The van der Waals surface area contributed by atoms with Crippen molar-refractivity contribution in [1.82, 2.24) is 5.32 Å². The molecule has 1 fully saturated rings. The largest absolute Gasteiger partial charge is 0.496 e. The fourth-order valence-corrected chi connectivity index (χ4v) is 2.91. The van der Waals surface area contributed by atoms with Crippen LogP contribution < -0.4 is 10.1 Å². The van der Waals surface area contributed by atoms with Crippen molar-refractivity contribution in [3.05, 3.63) is 29.3 Å². The molecule has 1 saturated heterocycles. The van der Waals surface area contributed by atoms with Gasteiger partial charge in [-0.3, -0.25) is 0 Å². The van der Waals surface area contributed by atoms with Gasteiger partial charge in [0.15, 0.2) is 0 Å². The fourth-order valence-electron chi connectivity index (χ4n) is 2.91. The van der Waals surface area contributed by atoms with Gasteiger partial charge >= 0.3 is 0 Å². The van der Waals surface area contributed by atoms with Gasteiger partial charge < -0.3 is 19.9 Å². The molecule has 0 radical (unpaired) electrons. The minimum atomic E-state index is -0.564. The molecule has 4 nitrogen and oxygen atoms in total. The highest BCUT2D eigenvalue weighted by Crippen LogP contribution is 2.27. The van der Waals surface area contributed by atoms with Crippen molar-refractivity contribution in [3.8, 4) is 5.75 Å². The van der Waals surface area contributed by atoms with E-state index in [1.807, 2.05) is 25.1 Å². The Morgan fingerprint density at radius 1 is 1.48 bits per heavy atom. The average molecular weight is 293 g/mol. The Morgan fingerprint density at radius 3 is 2.90 bits per heavy atom. The summed E-state index contributed by atoms with van der Waals surface area (Å²) in [5.41, 5.74) is 1.88. The Morgan fingerprint density at radius 2 is 2.24 bits per heavy atom. The third-order valence-electron chi connectivity index (χ3n) is 4.04. The zero-order chi connectivity index (χ0) is 15.5. The van der Waals surface area contributed by atoms with E-state index in [0.29, 0.717) is 12.6 Å². The predicted octanol–water partition coefficient (Wildman–Crippen LogP) is 2.58. The third kappa shape index (κ3) is 4.43. The van der Waals surface area contributed by atoms with E-state index in [2.05, 4.69) is 19.2 Å². The molecule has 0 amide bonds. The summed E-state index contributed by atoms with van der Waals surface area (Å²) in [4.78, 5) is 0. The normalized spacial score (nSPS) is 22.8. The van der Waals surface area contributed by atoms with E-state index in [1.54, 1.807) is 7.11 Å². The maximum absolute atomic E-state index is 10.4. The molecule has 0 aliphatic carbocycles. The van der Waals surface area contributed by atoms with Crippen LogP contribution in [0, 0.1) is 6.92 Å². The number of methoxy groups -OCH3 is 1. The summed E-state index contributed by atoms with van der Waals surface area (Å²) in [5.74, 6) is 0.738. The first-order chi connectivity index (χ1) is 9.91. The monoisotopic (exact) mass is 293 g/mol. The van der Waals surface area contributed by atoms with Gasteiger partial charge in [-0.05, 0) is 45.7 Å². The first kappa shape index (κ1) is 16.3. The van der Waals surface area contributed by atoms with Crippen LogP contribution in [0.1, 0.15) is 43.9 Å². The fraction of sp³-hybridized carbons (Fsp3) is 0.647. The molecule has 4 heteroatoms. The van der Waals surface area contributed by atoms with Crippen molar-refractivity contribution in [2.24, 2.45) is 0 Å². The molecule has 1 aliphatic heterocycles. The molecule has 1 aliphatic rings. The van der Waals surface area contributed by atoms with E-state index in [0.717, 1.165) is 36.3 Å². The van der Waals surface area contributed by atoms with Crippen LogP contribution in [-0.4, -0.2) is 37.0 Å². The second-order valence-corrected chi connectivity index (χ2v) is 6.47. The molecular formula is C17H27NO3. The Bertz CT molecular complexity index is 473. The van der Waals surface area contributed by atoms with Gasteiger partial charge in [0.1, 0.15) is 5.75 Å². The van der Waals surface area contributed by atoms with Crippen molar-refractivity contribution in [3.63, 3.8) is 0 Å². The zero-order valence-corrected chi connectivity index (χ0v) is 13.5. The zero-order valence-electron chi connectivity index (χ0n) is 13.5. The Kier molecular flexibility index (Phi) is 5.25. The highest BCUT2D eigenvalue weighted by molar-refractivity contribution is 5.38. The molecule has 1 aromatic rings. The molecule has 118 valence electrons. The third-order valence-corrected chi connectivity index (χ3v) is 4.04. The number of nitrogens with one attached hydrogen (secondary N) is 1. The van der Waals surface area contributed by atoms with E-state index in [9.17, 15) is 5.11 Å². The van der Waals surface area contributed by atoms with Crippen LogP contribution in [0.2, 0.25) is 0 Å². The molecule has 0 bridgehead atoms. The topological polar surface area (TPSA) is 50.7 Å². The van der Waals surface area contributed by atoms with Crippen LogP contribution in [0.3, 0.4) is 0 Å². The van der Waals surface area contributed by atoms with Gasteiger partial charge in [0.25, 0.3) is 0 Å². The van der Waals surface area contributed by atoms with E-state index in [1.165, 1.54) is 0 Å². The van der Waals surface area contributed by atoms with Crippen molar-refractivity contribution in [1.29, 1.82) is 0 Å². The summed E-state index contributed by atoms with van der Waals surface area (Å²) >= 11 is 0. The van der Waals surface area contributed by atoms with Crippen LogP contribution >= 0.6 is 0 Å². The molecule has 2 rings (SSSR count). The van der Waals surface area contributed by atoms with E-state index in [4.69, 9.17) is 9.47 Å². The molecule has 0 saturated carbocycles. The molecule has 1 heterocycles. The van der Waals surface area contributed by atoms with Gasteiger partial charge in [-0.15, -0.1) is 0 Å². The Labute approximate surface area is 127 Å². The number of hydrogen-bond acceptors (Lipinski definition) is 4. The van der Waals surface area contributed by atoms with Crippen LogP contribution in [-0.2, 0) is 4.74 Å². The summed E-state index contributed by atoms with van der Waals surface area (Å²) in [7, 11) is 1.63. The lowest BCUT2D eigenvalue weighted by molar-refractivity contribution is -0.0638. The second-order valence-electron chi connectivity index (χ2n) is 6.47. The first-order valence-electron chi connectivity index (χ1n) is 7.61. The number of benzene rings is 1. The van der Waals surface area contributed by atoms with Gasteiger partial charge in [0, 0.05) is 24.8 Å². The lowest BCUT2D eigenvalue weighted by Gasteiger charge is -2.36. The maximum Gasteiger partial charge on any atom is 0.124 e. The summed E-state index contributed by atoms with van der Waals surface area (Å²) in [6.45, 7) is 7.54. The Hall–Kier alpha value is -1.10. The minimum absolute atomic E-state index is 0.0815. The number of aliphatic hydroxyl groups excluding tert-OH is 1. The summed E-state index contributed by atoms with van der Waals surface area (Å²) in [6, 6.07) is 6.27. The minimum Gasteiger partial charge on any atom is -0.496 e. The van der Waals surface area contributed by atoms with Crippen molar-refractivity contribution >= 4 is 0 Å². The molecule has 0 aromatic heterocycles. The van der Waals surface area contributed by atoms with Crippen LogP contribution in [0.4, 0.5) is 0 Å². The maximum atomic E-state index is 10.4. The van der Waals surface area contributed by atoms with Crippen molar-refractivity contribution in [2.75, 3.05) is 20.3 Å². The van der Waals surface area contributed by atoms with E-state index < -0.39 is 6.10 Å². The molecule has 0 spiro atoms. The smallest absolute Gasteiger partial charge is 0.124 e. The molecule has 2 unspecified atom stereocenters. The van der Waals surface area contributed by atoms with E-state index >= 15 is 0 Å². The number of ether oxygens (including phenoxy) is 2. The number of hydrogen-bond donors (Lipinski definition) is 2. The average Bonchev–Trinajstić information content (AvgIpc) is 2.43. The lowest BCUT2D eigenvalue weighted by Crippen LogP contribution is -2.44. The van der Waals surface area contributed by atoms with Crippen molar-refractivity contribution < 1.29 is 14.6 Å².